The third-order valence-corrected chi connectivity index (χ3v) is 3.71. The molecule has 0 saturated carbocycles. The first-order valence-corrected chi connectivity index (χ1v) is 7.30. The van der Waals surface area contributed by atoms with E-state index >= 15 is 0 Å². The van der Waals surface area contributed by atoms with Crippen LogP contribution in [0.3, 0.4) is 0 Å². The van der Waals surface area contributed by atoms with Crippen LogP contribution >= 0.6 is 0 Å². The van der Waals surface area contributed by atoms with Gasteiger partial charge in [-0.15, -0.1) is 0 Å². The summed E-state index contributed by atoms with van der Waals surface area (Å²) in [5.41, 5.74) is 1.31. The van der Waals surface area contributed by atoms with Crippen LogP contribution in [0.2, 0.25) is 0 Å². The quantitative estimate of drug-likeness (QED) is 0.720. The van der Waals surface area contributed by atoms with Gasteiger partial charge in [0.15, 0.2) is 5.78 Å². The van der Waals surface area contributed by atoms with Crippen LogP contribution in [0.25, 0.3) is 0 Å². The predicted molar refractivity (Wildman–Crippen MR) is 78.7 cm³/mol. The highest BCUT2D eigenvalue weighted by atomic mass is 16.1. The molecule has 1 aliphatic heterocycles. The first kappa shape index (κ1) is 13.9. The van der Waals surface area contributed by atoms with Gasteiger partial charge in [-0.2, -0.15) is 0 Å². The van der Waals surface area contributed by atoms with Crippen molar-refractivity contribution in [3.63, 3.8) is 0 Å². The van der Waals surface area contributed by atoms with Crippen molar-refractivity contribution in [3.05, 3.63) is 48.2 Å². The Labute approximate surface area is 116 Å². The summed E-state index contributed by atoms with van der Waals surface area (Å²) in [6.07, 6.45) is 9.20. The van der Waals surface area contributed by atoms with E-state index in [9.17, 15) is 4.79 Å². The summed E-state index contributed by atoms with van der Waals surface area (Å²) < 4.78 is 0. The van der Waals surface area contributed by atoms with Crippen LogP contribution in [0.1, 0.15) is 44.6 Å². The molecule has 1 atom stereocenters. The molecule has 1 aliphatic rings. The van der Waals surface area contributed by atoms with E-state index in [0.29, 0.717) is 12.5 Å². The summed E-state index contributed by atoms with van der Waals surface area (Å²) in [5, 5.41) is 0. The number of hydrogen-bond donors (Lipinski definition) is 0. The van der Waals surface area contributed by atoms with Crippen molar-refractivity contribution in [2.24, 2.45) is 0 Å². The van der Waals surface area contributed by atoms with Crippen molar-refractivity contribution >= 4 is 5.78 Å². The molecule has 1 aromatic rings. The fourth-order valence-electron chi connectivity index (χ4n) is 2.59. The van der Waals surface area contributed by atoms with E-state index in [1.165, 1.54) is 24.8 Å². The van der Waals surface area contributed by atoms with Crippen LogP contribution in [0.4, 0.5) is 0 Å². The number of unbranched alkanes of at least 4 members (excludes halogenated alkanes) is 2. The standard InChI is InChI=1S/C17H23NO/c1-2-3-5-10-16-13-17(19)11-12-18(16)14-15-8-6-4-7-9-15/h4,6-9,11-12,16H,2-3,5,10,13-14H2,1H3. The SMILES string of the molecule is CCCCCC1CC(=O)C=CN1Cc1ccccc1. The van der Waals surface area contributed by atoms with Crippen LogP contribution in [-0.2, 0) is 11.3 Å². The maximum atomic E-state index is 11.6. The Kier molecular flexibility index (Phi) is 5.20. The summed E-state index contributed by atoms with van der Waals surface area (Å²) in [7, 11) is 0. The second-order valence-corrected chi connectivity index (χ2v) is 5.29. The molecule has 0 aromatic heterocycles. The first-order valence-electron chi connectivity index (χ1n) is 7.30. The van der Waals surface area contributed by atoms with Crippen LogP contribution in [-0.4, -0.2) is 16.7 Å². The number of hydrogen-bond acceptors (Lipinski definition) is 2. The first-order chi connectivity index (χ1) is 9.29. The number of nitrogens with zero attached hydrogens (tertiary/aromatic N) is 1. The number of carbonyl (C=O) groups excluding carboxylic acids is 1. The lowest BCUT2D eigenvalue weighted by molar-refractivity contribution is -0.116. The number of carbonyl (C=O) groups is 1. The second-order valence-electron chi connectivity index (χ2n) is 5.29. The van der Waals surface area contributed by atoms with Gasteiger partial charge in [0.05, 0.1) is 0 Å². The monoisotopic (exact) mass is 257 g/mol. The number of rotatable bonds is 6. The maximum absolute atomic E-state index is 11.6. The van der Waals surface area contributed by atoms with Gasteiger partial charge >= 0.3 is 0 Å². The van der Waals surface area contributed by atoms with Crippen molar-refractivity contribution in [1.29, 1.82) is 0 Å². The zero-order valence-corrected chi connectivity index (χ0v) is 11.7. The van der Waals surface area contributed by atoms with Gasteiger partial charge in [-0.3, -0.25) is 4.79 Å². The minimum atomic E-state index is 0.269. The van der Waals surface area contributed by atoms with Gasteiger partial charge in [0.2, 0.25) is 0 Å². The van der Waals surface area contributed by atoms with Gasteiger partial charge in [-0.05, 0) is 18.1 Å². The average Bonchev–Trinajstić information content (AvgIpc) is 2.43. The molecule has 1 aromatic carbocycles. The molecular weight excluding hydrogens is 234 g/mol. The van der Waals surface area contributed by atoms with Gasteiger partial charge < -0.3 is 4.90 Å². The molecule has 0 amide bonds. The predicted octanol–water partition coefficient (Wildman–Crippen LogP) is 3.92. The molecule has 0 aliphatic carbocycles. The zero-order valence-electron chi connectivity index (χ0n) is 11.7. The second kappa shape index (κ2) is 7.13. The Morgan fingerprint density at radius 2 is 2.00 bits per heavy atom. The van der Waals surface area contributed by atoms with E-state index in [1.54, 1.807) is 6.08 Å². The van der Waals surface area contributed by atoms with Crippen molar-refractivity contribution in [1.82, 2.24) is 4.90 Å². The van der Waals surface area contributed by atoms with E-state index in [4.69, 9.17) is 0 Å². The number of ketones is 1. The largest absolute Gasteiger partial charge is 0.370 e. The van der Waals surface area contributed by atoms with Crippen LogP contribution < -0.4 is 0 Å². The molecule has 0 spiro atoms. The minimum Gasteiger partial charge on any atom is -0.370 e. The fourth-order valence-corrected chi connectivity index (χ4v) is 2.59. The smallest absolute Gasteiger partial charge is 0.159 e. The Morgan fingerprint density at radius 1 is 1.21 bits per heavy atom. The van der Waals surface area contributed by atoms with Gasteiger partial charge in [0.25, 0.3) is 0 Å². The topological polar surface area (TPSA) is 20.3 Å². The molecular formula is C17H23NO. The summed E-state index contributed by atoms with van der Waals surface area (Å²) >= 11 is 0. The lowest BCUT2D eigenvalue weighted by Crippen LogP contribution is -2.35. The third kappa shape index (κ3) is 4.23. The molecule has 19 heavy (non-hydrogen) atoms. The van der Waals surface area contributed by atoms with E-state index in [0.717, 1.165) is 13.0 Å². The maximum Gasteiger partial charge on any atom is 0.159 e. The van der Waals surface area contributed by atoms with Gasteiger partial charge in [0.1, 0.15) is 0 Å². The van der Waals surface area contributed by atoms with Gasteiger partial charge in [0, 0.05) is 25.2 Å². The van der Waals surface area contributed by atoms with Crippen molar-refractivity contribution in [3.8, 4) is 0 Å². The van der Waals surface area contributed by atoms with Crippen molar-refractivity contribution in [2.75, 3.05) is 0 Å². The van der Waals surface area contributed by atoms with E-state index in [1.807, 2.05) is 12.3 Å². The Bertz CT molecular complexity index is 424. The summed E-state index contributed by atoms with van der Waals surface area (Å²) in [6, 6.07) is 10.9. The highest BCUT2D eigenvalue weighted by Gasteiger charge is 2.21. The summed E-state index contributed by atoms with van der Waals surface area (Å²) in [5.74, 6) is 0.269. The third-order valence-electron chi connectivity index (χ3n) is 3.71. The lowest BCUT2D eigenvalue weighted by Gasteiger charge is -2.33. The van der Waals surface area contributed by atoms with E-state index in [2.05, 4.69) is 36.1 Å². The highest BCUT2D eigenvalue weighted by Crippen LogP contribution is 2.21. The summed E-state index contributed by atoms with van der Waals surface area (Å²) in [4.78, 5) is 13.9. The van der Waals surface area contributed by atoms with Gasteiger partial charge in [-0.25, -0.2) is 0 Å². The Balaban J connectivity index is 1.98. The van der Waals surface area contributed by atoms with E-state index < -0.39 is 0 Å². The van der Waals surface area contributed by atoms with E-state index in [-0.39, 0.29) is 5.78 Å². The minimum absolute atomic E-state index is 0.269. The van der Waals surface area contributed by atoms with Crippen LogP contribution in [0.5, 0.6) is 0 Å². The molecule has 2 heteroatoms. The molecule has 2 rings (SSSR count). The molecule has 2 nitrogen and oxygen atoms in total. The molecule has 0 saturated heterocycles. The van der Waals surface area contributed by atoms with Crippen molar-refractivity contribution < 1.29 is 4.79 Å². The molecule has 1 unspecified atom stereocenters. The molecule has 0 N–H and O–H groups in total. The normalized spacial score (nSPS) is 18.9. The number of benzene rings is 1. The molecule has 0 fully saturated rings. The van der Waals surface area contributed by atoms with Crippen LogP contribution in [0, 0.1) is 0 Å². The molecule has 102 valence electrons. The molecule has 1 heterocycles. The Hall–Kier alpha value is -1.57. The van der Waals surface area contributed by atoms with Gasteiger partial charge in [-0.1, -0.05) is 56.5 Å². The highest BCUT2D eigenvalue weighted by molar-refractivity contribution is 5.90. The lowest BCUT2D eigenvalue weighted by atomic mass is 9.98. The summed E-state index contributed by atoms with van der Waals surface area (Å²) in [6.45, 7) is 3.12. The molecule has 0 radical (unpaired) electrons. The average molecular weight is 257 g/mol. The zero-order chi connectivity index (χ0) is 13.5. The Morgan fingerprint density at radius 3 is 2.74 bits per heavy atom. The number of allylic oxidation sites excluding steroid dienone is 1. The molecule has 0 bridgehead atoms. The van der Waals surface area contributed by atoms with Crippen LogP contribution in [0.15, 0.2) is 42.6 Å². The fraction of sp³-hybridized carbons (Fsp3) is 0.471. The van der Waals surface area contributed by atoms with Crippen molar-refractivity contribution in [2.45, 2.75) is 51.6 Å².